The molecule has 0 unspecified atom stereocenters. The highest BCUT2D eigenvalue weighted by atomic mass is 35.5. The third kappa shape index (κ3) is 7.94. The molecule has 2 aromatic carbocycles. The second-order valence-electron chi connectivity index (χ2n) is 7.79. The fourth-order valence-corrected chi connectivity index (χ4v) is 4.60. The van der Waals surface area contributed by atoms with Gasteiger partial charge in [-0.25, -0.2) is 4.39 Å². The van der Waals surface area contributed by atoms with E-state index >= 15 is 0 Å². The molecule has 0 radical (unpaired) electrons. The van der Waals surface area contributed by atoms with Crippen molar-refractivity contribution >= 4 is 51.5 Å². The van der Waals surface area contributed by atoms with E-state index in [1.165, 1.54) is 29.2 Å². The Labute approximate surface area is 199 Å². The van der Waals surface area contributed by atoms with Gasteiger partial charge < -0.3 is 15.5 Å². The Hall–Kier alpha value is -2.78. The zero-order chi connectivity index (χ0) is 23.8. The van der Waals surface area contributed by atoms with Crippen LogP contribution in [0.3, 0.4) is 0 Å². The lowest BCUT2D eigenvalue weighted by molar-refractivity contribution is -0.123. The Balaban J connectivity index is 1.61. The maximum atomic E-state index is 13.0. The smallest absolute Gasteiger partial charge is 0.240 e. The lowest BCUT2D eigenvalue weighted by Crippen LogP contribution is -2.45. The number of anilines is 2. The molecule has 0 bridgehead atoms. The van der Waals surface area contributed by atoms with Gasteiger partial charge in [0.15, 0.2) is 0 Å². The quantitative estimate of drug-likeness (QED) is 0.560. The van der Waals surface area contributed by atoms with E-state index < -0.39 is 39.9 Å². The van der Waals surface area contributed by atoms with E-state index in [4.69, 9.17) is 11.6 Å². The zero-order valence-corrected chi connectivity index (χ0v) is 19.5. The standard InChI is InChI=1S/C23H25ClFN3O4S/c24-16-5-11-20(12-6-16)28(13-21(29)26-18-3-1-2-4-18)23(31)15-33(32)14-22(30)27-19-9-7-17(25)8-10-19/h5-12,18H,1-4,13-15H2,(H,26,29)(H,27,30)/t33-/m0/s1. The first-order chi connectivity index (χ1) is 15.8. The topological polar surface area (TPSA) is 95.6 Å². The van der Waals surface area contributed by atoms with Crippen LogP contribution in [0, 0.1) is 5.82 Å². The molecule has 2 N–H and O–H groups in total. The number of carbonyl (C=O) groups is 3. The highest BCUT2D eigenvalue weighted by molar-refractivity contribution is 7.86. The molecule has 0 aliphatic heterocycles. The number of nitrogens with one attached hydrogen (secondary N) is 2. The number of rotatable bonds is 9. The molecule has 10 heteroatoms. The highest BCUT2D eigenvalue weighted by Gasteiger charge is 2.24. The van der Waals surface area contributed by atoms with Crippen LogP contribution in [0.5, 0.6) is 0 Å². The Morgan fingerprint density at radius 1 is 0.970 bits per heavy atom. The second-order valence-corrected chi connectivity index (χ2v) is 9.68. The Morgan fingerprint density at radius 2 is 1.61 bits per heavy atom. The summed E-state index contributed by atoms with van der Waals surface area (Å²) in [5.41, 5.74) is 0.801. The van der Waals surface area contributed by atoms with Crippen molar-refractivity contribution in [1.29, 1.82) is 0 Å². The zero-order valence-electron chi connectivity index (χ0n) is 17.9. The molecule has 3 amide bonds. The summed E-state index contributed by atoms with van der Waals surface area (Å²) >= 11 is 5.94. The Bertz CT molecular complexity index is 1010. The van der Waals surface area contributed by atoms with Gasteiger partial charge in [0, 0.05) is 33.2 Å². The average molecular weight is 494 g/mol. The monoisotopic (exact) mass is 493 g/mol. The van der Waals surface area contributed by atoms with Gasteiger partial charge in [-0.3, -0.25) is 18.6 Å². The van der Waals surface area contributed by atoms with Crippen LogP contribution in [0.2, 0.25) is 5.02 Å². The third-order valence-corrected chi connectivity index (χ3v) is 6.57. The first kappa shape index (κ1) is 24.9. The Kier molecular flexibility index (Phi) is 8.96. The van der Waals surface area contributed by atoms with Gasteiger partial charge in [0.25, 0.3) is 0 Å². The number of halogens is 2. The SMILES string of the molecule is O=C(C[S@](=O)CC(=O)N(CC(=O)NC1CCCC1)c1ccc(Cl)cc1)Nc1ccc(F)cc1. The second kappa shape index (κ2) is 11.9. The normalized spacial score (nSPS) is 14.5. The van der Waals surface area contributed by atoms with Gasteiger partial charge in [0.05, 0.1) is 0 Å². The molecule has 1 atom stereocenters. The van der Waals surface area contributed by atoms with Crippen LogP contribution in [-0.2, 0) is 25.2 Å². The molecule has 3 rings (SSSR count). The lowest BCUT2D eigenvalue weighted by Gasteiger charge is -2.23. The summed E-state index contributed by atoms with van der Waals surface area (Å²) in [4.78, 5) is 38.9. The number of benzene rings is 2. The molecule has 0 spiro atoms. The predicted molar refractivity (Wildman–Crippen MR) is 127 cm³/mol. The van der Waals surface area contributed by atoms with Crippen molar-refractivity contribution < 1.29 is 23.0 Å². The van der Waals surface area contributed by atoms with Crippen molar-refractivity contribution in [1.82, 2.24) is 5.32 Å². The molecule has 0 heterocycles. The molecule has 33 heavy (non-hydrogen) atoms. The van der Waals surface area contributed by atoms with Crippen LogP contribution in [-0.4, -0.2) is 46.0 Å². The summed E-state index contributed by atoms with van der Waals surface area (Å²) in [5, 5.41) is 5.92. The molecule has 1 aliphatic carbocycles. The summed E-state index contributed by atoms with van der Waals surface area (Å²) in [6.45, 7) is -0.226. The fraction of sp³-hybridized carbons (Fsp3) is 0.348. The van der Waals surface area contributed by atoms with E-state index in [1.807, 2.05) is 0 Å². The van der Waals surface area contributed by atoms with Crippen LogP contribution in [0.25, 0.3) is 0 Å². The lowest BCUT2D eigenvalue weighted by atomic mass is 10.2. The van der Waals surface area contributed by atoms with Crippen LogP contribution in [0.15, 0.2) is 48.5 Å². The summed E-state index contributed by atoms with van der Waals surface area (Å²) in [7, 11) is -1.81. The van der Waals surface area contributed by atoms with E-state index in [2.05, 4.69) is 10.6 Å². The van der Waals surface area contributed by atoms with Gasteiger partial charge in [-0.1, -0.05) is 24.4 Å². The third-order valence-electron chi connectivity index (χ3n) is 5.17. The van der Waals surface area contributed by atoms with Crippen LogP contribution >= 0.6 is 11.6 Å². The minimum absolute atomic E-state index is 0.101. The van der Waals surface area contributed by atoms with E-state index in [9.17, 15) is 23.0 Å². The number of hydrogen-bond acceptors (Lipinski definition) is 4. The summed E-state index contributed by atoms with van der Waals surface area (Å²) in [6.07, 6.45) is 3.94. The first-order valence-corrected chi connectivity index (χ1v) is 12.4. The van der Waals surface area contributed by atoms with E-state index in [1.54, 1.807) is 24.3 Å². The van der Waals surface area contributed by atoms with Crippen molar-refractivity contribution in [2.45, 2.75) is 31.7 Å². The van der Waals surface area contributed by atoms with Gasteiger partial charge in [-0.2, -0.15) is 0 Å². The molecule has 0 aromatic heterocycles. The highest BCUT2D eigenvalue weighted by Crippen LogP contribution is 2.20. The molecule has 176 valence electrons. The van der Waals surface area contributed by atoms with Gasteiger partial charge >= 0.3 is 0 Å². The Morgan fingerprint density at radius 3 is 2.24 bits per heavy atom. The maximum absolute atomic E-state index is 13.0. The van der Waals surface area contributed by atoms with Crippen molar-refractivity contribution in [2.75, 3.05) is 28.3 Å². The molecule has 1 aliphatic rings. The summed E-state index contributed by atoms with van der Waals surface area (Å²) in [6, 6.07) is 11.6. The van der Waals surface area contributed by atoms with Crippen molar-refractivity contribution in [3.63, 3.8) is 0 Å². The van der Waals surface area contributed by atoms with Crippen LogP contribution in [0.1, 0.15) is 25.7 Å². The van der Waals surface area contributed by atoms with Crippen molar-refractivity contribution in [3.8, 4) is 0 Å². The van der Waals surface area contributed by atoms with E-state index in [0.29, 0.717) is 16.4 Å². The maximum Gasteiger partial charge on any atom is 0.240 e. The molecule has 0 saturated heterocycles. The minimum atomic E-state index is -1.81. The molecule has 1 fully saturated rings. The number of nitrogens with zero attached hydrogens (tertiary/aromatic N) is 1. The number of hydrogen-bond donors (Lipinski definition) is 2. The summed E-state index contributed by atoms with van der Waals surface area (Å²) in [5.74, 6) is -2.70. The average Bonchev–Trinajstić information content (AvgIpc) is 3.27. The summed E-state index contributed by atoms with van der Waals surface area (Å²) < 4.78 is 25.5. The van der Waals surface area contributed by atoms with E-state index in [-0.39, 0.29) is 18.5 Å². The fourth-order valence-electron chi connectivity index (χ4n) is 3.57. The molecule has 2 aromatic rings. The van der Waals surface area contributed by atoms with Gasteiger partial charge in [0.1, 0.15) is 23.9 Å². The van der Waals surface area contributed by atoms with E-state index in [0.717, 1.165) is 25.7 Å². The van der Waals surface area contributed by atoms with Gasteiger partial charge in [0.2, 0.25) is 17.7 Å². The largest absolute Gasteiger partial charge is 0.352 e. The number of amides is 3. The molecule has 7 nitrogen and oxygen atoms in total. The van der Waals surface area contributed by atoms with Gasteiger partial charge in [-0.05, 0) is 61.4 Å². The first-order valence-electron chi connectivity index (χ1n) is 10.6. The van der Waals surface area contributed by atoms with Gasteiger partial charge in [-0.15, -0.1) is 0 Å². The van der Waals surface area contributed by atoms with Crippen LogP contribution in [0.4, 0.5) is 15.8 Å². The van der Waals surface area contributed by atoms with Crippen molar-refractivity contribution in [3.05, 3.63) is 59.4 Å². The predicted octanol–water partition coefficient (Wildman–Crippen LogP) is 3.26. The minimum Gasteiger partial charge on any atom is -0.352 e. The molecule has 1 saturated carbocycles. The number of carbonyl (C=O) groups excluding carboxylic acids is 3. The van der Waals surface area contributed by atoms with Crippen LogP contribution < -0.4 is 15.5 Å². The van der Waals surface area contributed by atoms with Crippen molar-refractivity contribution in [2.24, 2.45) is 0 Å². The molecular weight excluding hydrogens is 469 g/mol. The molecular formula is C23H25ClFN3O4S.